The van der Waals surface area contributed by atoms with Gasteiger partial charge >= 0.3 is 0 Å². The monoisotopic (exact) mass is 312 g/mol. The van der Waals surface area contributed by atoms with Gasteiger partial charge in [-0.3, -0.25) is 14.8 Å². The second-order valence-corrected chi connectivity index (χ2v) is 6.88. The van der Waals surface area contributed by atoms with Crippen LogP contribution >= 0.6 is 0 Å². The first-order chi connectivity index (χ1) is 11.3. The molecule has 1 aliphatic carbocycles. The number of amides is 1. The summed E-state index contributed by atoms with van der Waals surface area (Å²) in [7, 11) is 0. The van der Waals surface area contributed by atoms with E-state index in [9.17, 15) is 4.79 Å². The molecule has 1 amide bonds. The van der Waals surface area contributed by atoms with E-state index in [1.165, 1.54) is 25.7 Å². The normalized spacial score (nSPS) is 22.9. The van der Waals surface area contributed by atoms with E-state index in [4.69, 9.17) is 0 Å². The molecule has 122 valence electrons. The Kier molecular flexibility index (Phi) is 4.04. The smallest absolute Gasteiger partial charge is 0.226 e. The summed E-state index contributed by atoms with van der Waals surface area (Å²) in [6.07, 6.45) is 6.85. The zero-order chi connectivity index (χ0) is 15.6. The molecule has 1 aliphatic heterocycles. The van der Waals surface area contributed by atoms with Crippen molar-refractivity contribution in [3.63, 3.8) is 0 Å². The molecule has 1 unspecified atom stereocenters. The third-order valence-corrected chi connectivity index (χ3v) is 5.30. The third-order valence-electron chi connectivity index (χ3n) is 5.30. The van der Waals surface area contributed by atoms with Crippen LogP contribution in [0.4, 0.5) is 0 Å². The summed E-state index contributed by atoms with van der Waals surface area (Å²) in [6, 6.07) is 8.98. The number of fused-ring (bicyclic) bond motifs is 1. The maximum atomic E-state index is 12.4. The highest BCUT2D eigenvalue weighted by molar-refractivity contribution is 5.87. The van der Waals surface area contributed by atoms with E-state index in [0.717, 1.165) is 42.1 Å². The van der Waals surface area contributed by atoms with Gasteiger partial charge in [-0.05, 0) is 25.3 Å². The molecule has 1 atom stereocenters. The Balaban J connectivity index is 1.33. The predicted molar refractivity (Wildman–Crippen MR) is 90.2 cm³/mol. The maximum Gasteiger partial charge on any atom is 0.226 e. The highest BCUT2D eigenvalue weighted by Crippen LogP contribution is 2.26. The Morgan fingerprint density at radius 1 is 1.26 bits per heavy atom. The summed E-state index contributed by atoms with van der Waals surface area (Å²) in [5.74, 6) is 0.0951. The number of hydrogen-bond acceptors (Lipinski definition) is 3. The van der Waals surface area contributed by atoms with E-state index in [1.54, 1.807) is 0 Å². The van der Waals surface area contributed by atoms with Crippen molar-refractivity contribution in [1.82, 2.24) is 20.4 Å². The minimum Gasteiger partial charge on any atom is -0.352 e. The molecule has 5 nitrogen and oxygen atoms in total. The van der Waals surface area contributed by atoms with Gasteiger partial charge in [-0.25, -0.2) is 0 Å². The van der Waals surface area contributed by atoms with E-state index < -0.39 is 0 Å². The van der Waals surface area contributed by atoms with Crippen molar-refractivity contribution in [2.24, 2.45) is 0 Å². The van der Waals surface area contributed by atoms with Gasteiger partial charge in [0.05, 0.1) is 17.6 Å². The van der Waals surface area contributed by atoms with Crippen LogP contribution in [0.3, 0.4) is 0 Å². The quantitative estimate of drug-likeness (QED) is 0.910. The molecule has 0 bridgehead atoms. The molecular formula is C18H24N4O. The van der Waals surface area contributed by atoms with Crippen molar-refractivity contribution in [3.8, 4) is 0 Å². The van der Waals surface area contributed by atoms with E-state index in [-0.39, 0.29) is 5.91 Å². The van der Waals surface area contributed by atoms with E-state index in [1.807, 2.05) is 24.3 Å². The first kappa shape index (κ1) is 14.7. The van der Waals surface area contributed by atoms with Crippen molar-refractivity contribution in [2.75, 3.05) is 13.1 Å². The molecule has 4 rings (SSSR count). The molecule has 2 aromatic rings. The molecular weight excluding hydrogens is 288 g/mol. The van der Waals surface area contributed by atoms with Crippen molar-refractivity contribution >= 4 is 16.8 Å². The number of rotatable bonds is 4. The van der Waals surface area contributed by atoms with E-state index in [0.29, 0.717) is 12.5 Å². The average Bonchev–Trinajstić information content (AvgIpc) is 3.27. The fourth-order valence-electron chi connectivity index (χ4n) is 4.09. The summed E-state index contributed by atoms with van der Waals surface area (Å²) in [5, 5.41) is 11.5. The highest BCUT2D eigenvalue weighted by atomic mass is 16.1. The standard InChI is InChI=1S/C18H24N4O/c23-18(11-17-15-7-3-4-8-16(15)20-21-17)19-13-9-10-22(12-13)14-5-1-2-6-14/h3-4,7-8,13-14H,1-2,5-6,9-12H2,(H,19,23)(H,20,21). The summed E-state index contributed by atoms with van der Waals surface area (Å²) >= 11 is 0. The van der Waals surface area contributed by atoms with Crippen LogP contribution in [-0.2, 0) is 11.2 Å². The molecule has 23 heavy (non-hydrogen) atoms. The number of hydrogen-bond donors (Lipinski definition) is 2. The Hall–Kier alpha value is -1.88. The minimum absolute atomic E-state index is 0.0951. The van der Waals surface area contributed by atoms with Crippen molar-refractivity contribution in [1.29, 1.82) is 0 Å². The highest BCUT2D eigenvalue weighted by Gasteiger charge is 2.30. The lowest BCUT2D eigenvalue weighted by molar-refractivity contribution is -0.121. The SMILES string of the molecule is O=C(Cc1[nH]nc2ccccc12)NC1CCN(C2CCCC2)C1. The summed E-state index contributed by atoms with van der Waals surface area (Å²) in [5.41, 5.74) is 1.83. The number of para-hydroxylation sites is 1. The minimum atomic E-state index is 0.0951. The third kappa shape index (κ3) is 3.11. The molecule has 2 heterocycles. The number of H-pyrrole nitrogens is 1. The van der Waals surface area contributed by atoms with Crippen LogP contribution in [0.25, 0.3) is 10.9 Å². The molecule has 1 aromatic carbocycles. The Morgan fingerprint density at radius 3 is 2.96 bits per heavy atom. The average molecular weight is 312 g/mol. The predicted octanol–water partition coefficient (Wildman–Crippen LogP) is 2.24. The van der Waals surface area contributed by atoms with Crippen LogP contribution in [0, 0.1) is 0 Å². The summed E-state index contributed by atoms with van der Waals surface area (Å²) in [6.45, 7) is 2.14. The van der Waals surface area contributed by atoms with Crippen LogP contribution in [0.1, 0.15) is 37.8 Å². The molecule has 1 saturated carbocycles. The van der Waals surface area contributed by atoms with E-state index >= 15 is 0 Å². The number of carbonyl (C=O) groups is 1. The number of likely N-dealkylation sites (tertiary alicyclic amines) is 1. The number of nitrogens with one attached hydrogen (secondary N) is 2. The lowest BCUT2D eigenvalue weighted by Gasteiger charge is -2.23. The molecule has 2 aliphatic rings. The summed E-state index contributed by atoms with van der Waals surface area (Å²) < 4.78 is 0. The van der Waals surface area contributed by atoms with Gasteiger partial charge in [-0.1, -0.05) is 31.0 Å². The largest absolute Gasteiger partial charge is 0.352 e. The van der Waals surface area contributed by atoms with Gasteiger partial charge in [0, 0.05) is 30.6 Å². The fraction of sp³-hybridized carbons (Fsp3) is 0.556. The van der Waals surface area contributed by atoms with Gasteiger partial charge in [0.1, 0.15) is 0 Å². The topological polar surface area (TPSA) is 61.0 Å². The van der Waals surface area contributed by atoms with Gasteiger partial charge in [-0.15, -0.1) is 0 Å². The van der Waals surface area contributed by atoms with Gasteiger partial charge in [0.15, 0.2) is 0 Å². The van der Waals surface area contributed by atoms with Crippen LogP contribution in [0.5, 0.6) is 0 Å². The molecule has 1 saturated heterocycles. The van der Waals surface area contributed by atoms with E-state index in [2.05, 4.69) is 20.4 Å². The zero-order valence-corrected chi connectivity index (χ0v) is 13.4. The lowest BCUT2D eigenvalue weighted by Crippen LogP contribution is -2.39. The molecule has 2 N–H and O–H groups in total. The number of aromatic nitrogens is 2. The van der Waals surface area contributed by atoms with Gasteiger partial charge in [0.25, 0.3) is 0 Å². The van der Waals surface area contributed by atoms with Crippen molar-refractivity contribution in [2.45, 2.75) is 50.6 Å². The zero-order valence-electron chi connectivity index (χ0n) is 13.4. The van der Waals surface area contributed by atoms with Crippen molar-refractivity contribution < 1.29 is 4.79 Å². The van der Waals surface area contributed by atoms with Crippen LogP contribution < -0.4 is 5.32 Å². The van der Waals surface area contributed by atoms with Crippen molar-refractivity contribution in [3.05, 3.63) is 30.0 Å². The maximum absolute atomic E-state index is 12.4. The Bertz CT molecular complexity index is 689. The second-order valence-electron chi connectivity index (χ2n) is 6.88. The second kappa shape index (κ2) is 6.32. The first-order valence-electron chi connectivity index (χ1n) is 8.75. The molecule has 0 radical (unpaired) electrons. The number of aromatic amines is 1. The number of carbonyl (C=O) groups excluding carboxylic acids is 1. The Morgan fingerprint density at radius 2 is 2.09 bits per heavy atom. The number of nitrogens with zero attached hydrogens (tertiary/aromatic N) is 2. The number of benzene rings is 1. The van der Waals surface area contributed by atoms with Crippen LogP contribution in [-0.4, -0.2) is 46.2 Å². The first-order valence-corrected chi connectivity index (χ1v) is 8.75. The fourth-order valence-corrected chi connectivity index (χ4v) is 4.09. The van der Waals surface area contributed by atoms with Gasteiger partial charge < -0.3 is 5.32 Å². The van der Waals surface area contributed by atoms with Gasteiger partial charge in [-0.2, -0.15) is 5.10 Å². The Labute approximate surface area is 136 Å². The summed E-state index contributed by atoms with van der Waals surface area (Å²) in [4.78, 5) is 14.9. The van der Waals surface area contributed by atoms with Gasteiger partial charge in [0.2, 0.25) is 5.91 Å². The molecule has 1 aromatic heterocycles. The molecule has 5 heteroatoms. The van der Waals surface area contributed by atoms with Crippen LogP contribution in [0.15, 0.2) is 24.3 Å². The molecule has 0 spiro atoms. The molecule has 2 fully saturated rings. The lowest BCUT2D eigenvalue weighted by atomic mass is 10.1. The van der Waals surface area contributed by atoms with Crippen LogP contribution in [0.2, 0.25) is 0 Å².